The number of nitrogens with zero attached hydrogens (tertiary/aromatic N) is 1. The first kappa shape index (κ1) is 16.6. The van der Waals surface area contributed by atoms with E-state index in [1.54, 1.807) is 0 Å². The third kappa shape index (κ3) is 3.86. The summed E-state index contributed by atoms with van der Waals surface area (Å²) in [6.07, 6.45) is 4.92. The van der Waals surface area contributed by atoms with E-state index in [0.29, 0.717) is 0 Å². The molecule has 128 valence electrons. The van der Waals surface area contributed by atoms with Crippen molar-refractivity contribution in [2.45, 2.75) is 25.7 Å². The Hall–Kier alpha value is -1.90. The van der Waals surface area contributed by atoms with Gasteiger partial charge in [0.2, 0.25) is 0 Å². The highest BCUT2D eigenvalue weighted by molar-refractivity contribution is 6.31. The summed E-state index contributed by atoms with van der Waals surface area (Å²) in [5.74, 6) is 0.774. The van der Waals surface area contributed by atoms with Gasteiger partial charge in [-0.3, -0.25) is 0 Å². The van der Waals surface area contributed by atoms with Gasteiger partial charge in [0.15, 0.2) is 0 Å². The number of nitrogens with one attached hydrogen (secondary N) is 1. The van der Waals surface area contributed by atoms with Gasteiger partial charge in [-0.25, -0.2) is 4.98 Å². The normalized spacial score (nSPS) is 17.7. The lowest BCUT2D eigenvalue weighted by Crippen LogP contribution is -2.29. The van der Waals surface area contributed by atoms with Crippen molar-refractivity contribution in [1.29, 1.82) is 0 Å². The number of rotatable bonds is 4. The molecular formula is C22H23ClN2. The largest absolute Gasteiger partial charge is 0.316 e. The summed E-state index contributed by atoms with van der Waals surface area (Å²) in [5, 5.41) is 5.49. The SMILES string of the molecule is Clc1ccc2nc(-c3ccccc3)cc(CCC3CCCNC3)c2c1. The molecule has 1 unspecified atom stereocenters. The predicted molar refractivity (Wildman–Crippen MR) is 106 cm³/mol. The number of hydrogen-bond donors (Lipinski definition) is 1. The second-order valence-electron chi connectivity index (χ2n) is 6.95. The number of aromatic nitrogens is 1. The molecule has 0 radical (unpaired) electrons. The molecule has 1 saturated heterocycles. The van der Waals surface area contributed by atoms with Crippen LogP contribution in [0.15, 0.2) is 54.6 Å². The van der Waals surface area contributed by atoms with Crippen LogP contribution < -0.4 is 5.32 Å². The van der Waals surface area contributed by atoms with Crippen LogP contribution in [0.2, 0.25) is 5.02 Å². The monoisotopic (exact) mass is 350 g/mol. The topological polar surface area (TPSA) is 24.9 Å². The fourth-order valence-electron chi connectivity index (χ4n) is 3.76. The lowest BCUT2D eigenvalue weighted by Gasteiger charge is -2.23. The van der Waals surface area contributed by atoms with Crippen molar-refractivity contribution < 1.29 is 0 Å². The zero-order valence-corrected chi connectivity index (χ0v) is 15.1. The molecular weight excluding hydrogens is 328 g/mol. The van der Waals surface area contributed by atoms with E-state index >= 15 is 0 Å². The van der Waals surface area contributed by atoms with E-state index in [1.165, 1.54) is 42.3 Å². The van der Waals surface area contributed by atoms with Gasteiger partial charge in [-0.1, -0.05) is 41.9 Å². The van der Waals surface area contributed by atoms with Crippen LogP contribution in [-0.4, -0.2) is 18.1 Å². The summed E-state index contributed by atoms with van der Waals surface area (Å²) in [7, 11) is 0. The molecule has 2 nitrogen and oxygen atoms in total. The van der Waals surface area contributed by atoms with Gasteiger partial charge in [0.05, 0.1) is 11.2 Å². The predicted octanol–water partition coefficient (Wildman–Crippen LogP) is 5.49. The number of benzene rings is 2. The number of halogens is 1. The van der Waals surface area contributed by atoms with Crippen LogP contribution >= 0.6 is 11.6 Å². The molecule has 25 heavy (non-hydrogen) atoms. The van der Waals surface area contributed by atoms with Crippen molar-refractivity contribution in [2.24, 2.45) is 5.92 Å². The summed E-state index contributed by atoms with van der Waals surface area (Å²) in [6, 6.07) is 18.7. The first-order valence-electron chi connectivity index (χ1n) is 9.15. The highest BCUT2D eigenvalue weighted by Crippen LogP contribution is 2.29. The fourth-order valence-corrected chi connectivity index (χ4v) is 3.93. The zero-order valence-electron chi connectivity index (χ0n) is 14.3. The molecule has 1 aliphatic rings. The van der Waals surface area contributed by atoms with E-state index in [1.807, 2.05) is 18.2 Å². The third-order valence-corrected chi connectivity index (χ3v) is 5.38. The highest BCUT2D eigenvalue weighted by atomic mass is 35.5. The van der Waals surface area contributed by atoms with E-state index in [9.17, 15) is 0 Å². The van der Waals surface area contributed by atoms with Crippen molar-refractivity contribution in [3.05, 3.63) is 65.2 Å². The van der Waals surface area contributed by atoms with E-state index in [0.717, 1.165) is 35.1 Å². The fraction of sp³-hybridized carbons (Fsp3) is 0.318. The van der Waals surface area contributed by atoms with Crippen LogP contribution in [0, 0.1) is 5.92 Å². The van der Waals surface area contributed by atoms with Gasteiger partial charge in [0.1, 0.15) is 0 Å². The van der Waals surface area contributed by atoms with Crippen molar-refractivity contribution in [3.63, 3.8) is 0 Å². The third-order valence-electron chi connectivity index (χ3n) is 5.15. The minimum absolute atomic E-state index is 0.774. The summed E-state index contributed by atoms with van der Waals surface area (Å²) >= 11 is 6.26. The Kier molecular flexibility index (Phi) is 5.00. The molecule has 2 aromatic carbocycles. The number of hydrogen-bond acceptors (Lipinski definition) is 2. The molecule has 4 rings (SSSR count). The van der Waals surface area contributed by atoms with E-state index < -0.39 is 0 Å². The van der Waals surface area contributed by atoms with E-state index in [-0.39, 0.29) is 0 Å². The maximum absolute atomic E-state index is 6.26. The average Bonchev–Trinajstić information content (AvgIpc) is 2.67. The van der Waals surface area contributed by atoms with E-state index in [4.69, 9.17) is 16.6 Å². The molecule has 0 bridgehead atoms. The standard InChI is InChI=1S/C22H23ClN2/c23-19-10-11-21-20(14-19)18(9-8-16-5-4-12-24-15-16)13-22(25-21)17-6-2-1-3-7-17/h1-3,6-7,10-11,13-14,16,24H,4-5,8-9,12,15H2. The van der Waals surface area contributed by atoms with Gasteiger partial charge in [-0.05, 0) is 74.5 Å². The van der Waals surface area contributed by atoms with Crippen LogP contribution in [-0.2, 0) is 6.42 Å². The zero-order chi connectivity index (χ0) is 17.1. The highest BCUT2D eigenvalue weighted by Gasteiger charge is 2.15. The maximum atomic E-state index is 6.26. The van der Waals surface area contributed by atoms with E-state index in [2.05, 4.69) is 41.7 Å². The second kappa shape index (κ2) is 7.55. The molecule has 1 aliphatic heterocycles. The molecule has 3 aromatic rings. The van der Waals surface area contributed by atoms with Gasteiger partial charge in [-0.15, -0.1) is 0 Å². The summed E-state index contributed by atoms with van der Waals surface area (Å²) in [6.45, 7) is 2.32. The number of fused-ring (bicyclic) bond motifs is 1. The first-order valence-corrected chi connectivity index (χ1v) is 9.53. The minimum atomic E-state index is 0.774. The lowest BCUT2D eigenvalue weighted by molar-refractivity contribution is 0.358. The van der Waals surface area contributed by atoms with Gasteiger partial charge < -0.3 is 5.32 Å². The van der Waals surface area contributed by atoms with Crippen LogP contribution in [0.4, 0.5) is 0 Å². The summed E-state index contributed by atoms with van der Waals surface area (Å²) in [4.78, 5) is 4.87. The molecule has 2 heterocycles. The Bertz CT molecular complexity index is 855. The van der Waals surface area contributed by atoms with Crippen LogP contribution in [0.5, 0.6) is 0 Å². The smallest absolute Gasteiger partial charge is 0.0713 e. The molecule has 0 amide bonds. The Morgan fingerprint density at radius 2 is 1.96 bits per heavy atom. The van der Waals surface area contributed by atoms with Gasteiger partial charge in [0.25, 0.3) is 0 Å². The Morgan fingerprint density at radius 1 is 1.08 bits per heavy atom. The Labute approximate surface area is 154 Å². The van der Waals surface area contributed by atoms with Crippen LogP contribution in [0.3, 0.4) is 0 Å². The molecule has 0 saturated carbocycles. The lowest BCUT2D eigenvalue weighted by atomic mass is 9.91. The van der Waals surface area contributed by atoms with Crippen molar-refractivity contribution in [2.75, 3.05) is 13.1 Å². The van der Waals surface area contributed by atoms with Crippen LogP contribution in [0.1, 0.15) is 24.8 Å². The molecule has 1 N–H and O–H groups in total. The van der Waals surface area contributed by atoms with Crippen LogP contribution in [0.25, 0.3) is 22.2 Å². The number of piperidine rings is 1. The summed E-state index contributed by atoms with van der Waals surface area (Å²) in [5.41, 5.74) is 4.60. The van der Waals surface area contributed by atoms with Gasteiger partial charge in [0, 0.05) is 16.0 Å². The Morgan fingerprint density at radius 3 is 2.76 bits per heavy atom. The Balaban J connectivity index is 1.70. The summed E-state index contributed by atoms with van der Waals surface area (Å²) < 4.78 is 0. The van der Waals surface area contributed by atoms with Crippen molar-refractivity contribution in [1.82, 2.24) is 10.3 Å². The second-order valence-corrected chi connectivity index (χ2v) is 7.38. The molecule has 1 fully saturated rings. The quantitative estimate of drug-likeness (QED) is 0.673. The number of pyridine rings is 1. The average molecular weight is 351 g/mol. The molecule has 0 spiro atoms. The first-order chi connectivity index (χ1) is 12.3. The molecule has 0 aliphatic carbocycles. The number of aryl methyl sites for hydroxylation is 1. The maximum Gasteiger partial charge on any atom is 0.0713 e. The minimum Gasteiger partial charge on any atom is -0.316 e. The van der Waals surface area contributed by atoms with Crippen molar-refractivity contribution in [3.8, 4) is 11.3 Å². The molecule has 3 heteroatoms. The molecule has 1 aromatic heterocycles. The van der Waals surface area contributed by atoms with Gasteiger partial charge >= 0.3 is 0 Å². The molecule has 1 atom stereocenters. The van der Waals surface area contributed by atoms with Gasteiger partial charge in [-0.2, -0.15) is 0 Å². The van der Waals surface area contributed by atoms with Crippen molar-refractivity contribution >= 4 is 22.5 Å².